The second-order valence-electron chi connectivity index (χ2n) is 8.42. The normalized spacial score (nSPS) is 14.0. The molecule has 4 rings (SSSR count). The first kappa shape index (κ1) is 25.4. The van der Waals surface area contributed by atoms with Gasteiger partial charge in [0.05, 0.1) is 29.1 Å². The number of nitrogens with zero attached hydrogens (tertiary/aromatic N) is 2. The SMILES string of the molecule is C=CCc1cc(/C=C2/C(=O)N(c3ccccc3)N=C2C)cc(OCC)c1OCc1ccc(C(=O)O)cc1. The van der Waals surface area contributed by atoms with E-state index in [9.17, 15) is 9.59 Å². The molecule has 1 amide bonds. The minimum absolute atomic E-state index is 0.197. The molecule has 1 aliphatic rings. The Bertz CT molecular complexity index is 1380. The first-order valence-corrected chi connectivity index (χ1v) is 11.9. The molecule has 188 valence electrons. The van der Waals surface area contributed by atoms with E-state index >= 15 is 0 Å². The molecule has 37 heavy (non-hydrogen) atoms. The fraction of sp³-hybridized carbons (Fsp3) is 0.167. The van der Waals surface area contributed by atoms with Crippen LogP contribution in [0.5, 0.6) is 11.5 Å². The van der Waals surface area contributed by atoms with Crippen LogP contribution in [0.2, 0.25) is 0 Å². The number of ether oxygens (including phenoxy) is 2. The number of hydrogen-bond acceptors (Lipinski definition) is 5. The van der Waals surface area contributed by atoms with Crippen LogP contribution in [0.15, 0.2) is 90.1 Å². The molecule has 0 aliphatic carbocycles. The van der Waals surface area contributed by atoms with Crippen molar-refractivity contribution in [3.63, 3.8) is 0 Å². The highest BCUT2D eigenvalue weighted by molar-refractivity contribution is 6.32. The molecule has 3 aromatic carbocycles. The van der Waals surface area contributed by atoms with E-state index in [1.165, 1.54) is 5.01 Å². The second-order valence-corrected chi connectivity index (χ2v) is 8.42. The predicted molar refractivity (Wildman–Crippen MR) is 144 cm³/mol. The van der Waals surface area contributed by atoms with E-state index in [4.69, 9.17) is 14.6 Å². The summed E-state index contributed by atoms with van der Waals surface area (Å²) in [6.07, 6.45) is 4.12. The molecule has 7 heteroatoms. The topological polar surface area (TPSA) is 88.4 Å². The maximum Gasteiger partial charge on any atom is 0.335 e. The molecule has 1 N–H and O–H groups in total. The number of anilines is 1. The maximum atomic E-state index is 13.2. The quantitative estimate of drug-likeness (QED) is 0.279. The third-order valence-electron chi connectivity index (χ3n) is 5.78. The van der Waals surface area contributed by atoms with Gasteiger partial charge in [-0.1, -0.05) is 36.4 Å². The summed E-state index contributed by atoms with van der Waals surface area (Å²) in [5.74, 6) is -0.0369. The fourth-order valence-corrected chi connectivity index (χ4v) is 3.99. The van der Waals surface area contributed by atoms with Crippen LogP contribution in [0, 0.1) is 0 Å². The highest BCUT2D eigenvalue weighted by atomic mass is 16.5. The van der Waals surface area contributed by atoms with Crippen LogP contribution < -0.4 is 14.5 Å². The Morgan fingerprint density at radius 2 is 1.81 bits per heavy atom. The summed E-state index contributed by atoms with van der Waals surface area (Å²) in [6.45, 7) is 8.24. The van der Waals surface area contributed by atoms with Gasteiger partial charge in [0.25, 0.3) is 5.91 Å². The fourth-order valence-electron chi connectivity index (χ4n) is 3.99. The molecule has 0 unspecified atom stereocenters. The maximum absolute atomic E-state index is 13.2. The lowest BCUT2D eigenvalue weighted by Gasteiger charge is -2.17. The Morgan fingerprint density at radius 1 is 1.08 bits per heavy atom. The molecule has 0 radical (unpaired) electrons. The number of carbonyl (C=O) groups is 2. The number of carboxylic acids is 1. The van der Waals surface area contributed by atoms with Crippen molar-refractivity contribution in [3.8, 4) is 11.5 Å². The van der Waals surface area contributed by atoms with Gasteiger partial charge in [-0.15, -0.1) is 6.58 Å². The van der Waals surface area contributed by atoms with E-state index in [0.29, 0.717) is 41.5 Å². The van der Waals surface area contributed by atoms with Gasteiger partial charge in [-0.05, 0) is 73.9 Å². The van der Waals surface area contributed by atoms with Gasteiger partial charge in [-0.25, -0.2) is 4.79 Å². The van der Waals surface area contributed by atoms with E-state index in [1.807, 2.05) is 62.4 Å². The Kier molecular flexibility index (Phi) is 7.83. The average molecular weight is 497 g/mol. The van der Waals surface area contributed by atoms with Gasteiger partial charge in [0.1, 0.15) is 6.61 Å². The van der Waals surface area contributed by atoms with Crippen LogP contribution in [0.3, 0.4) is 0 Å². The minimum atomic E-state index is -0.975. The van der Waals surface area contributed by atoms with E-state index in [0.717, 1.165) is 16.7 Å². The molecule has 1 aliphatic heterocycles. The Hall–Kier alpha value is -4.65. The number of carbonyl (C=O) groups excluding carboxylic acids is 1. The predicted octanol–water partition coefficient (Wildman–Crippen LogP) is 5.90. The molecule has 7 nitrogen and oxygen atoms in total. The molecule has 0 spiro atoms. The van der Waals surface area contributed by atoms with Gasteiger partial charge in [-0.2, -0.15) is 10.1 Å². The van der Waals surface area contributed by atoms with Crippen molar-refractivity contribution in [1.29, 1.82) is 0 Å². The summed E-state index contributed by atoms with van der Waals surface area (Å²) in [7, 11) is 0. The van der Waals surface area contributed by atoms with Crippen molar-refractivity contribution >= 4 is 29.4 Å². The summed E-state index contributed by atoms with van der Waals surface area (Å²) in [6, 6.07) is 19.6. The summed E-state index contributed by atoms with van der Waals surface area (Å²) >= 11 is 0. The monoisotopic (exact) mass is 496 g/mol. The first-order chi connectivity index (χ1) is 17.9. The van der Waals surface area contributed by atoms with E-state index < -0.39 is 5.97 Å². The first-order valence-electron chi connectivity index (χ1n) is 11.9. The third kappa shape index (κ3) is 5.78. The van der Waals surface area contributed by atoms with Gasteiger partial charge in [0.15, 0.2) is 11.5 Å². The van der Waals surface area contributed by atoms with Crippen molar-refractivity contribution in [2.24, 2.45) is 5.10 Å². The lowest BCUT2D eigenvalue weighted by Crippen LogP contribution is -2.21. The molecule has 0 fully saturated rings. The van der Waals surface area contributed by atoms with Crippen molar-refractivity contribution in [2.75, 3.05) is 11.6 Å². The largest absolute Gasteiger partial charge is 0.490 e. The molecular weight excluding hydrogens is 468 g/mol. The number of hydrogen-bond donors (Lipinski definition) is 1. The average Bonchev–Trinajstić information content (AvgIpc) is 3.17. The van der Waals surface area contributed by atoms with Crippen molar-refractivity contribution in [2.45, 2.75) is 26.9 Å². The zero-order chi connectivity index (χ0) is 26.4. The molecule has 0 atom stereocenters. The highest BCUT2D eigenvalue weighted by Gasteiger charge is 2.28. The van der Waals surface area contributed by atoms with Crippen LogP contribution in [-0.4, -0.2) is 29.3 Å². The third-order valence-corrected chi connectivity index (χ3v) is 5.78. The number of benzene rings is 3. The molecule has 3 aromatic rings. The minimum Gasteiger partial charge on any atom is -0.490 e. The summed E-state index contributed by atoms with van der Waals surface area (Å²) in [4.78, 5) is 24.3. The smallest absolute Gasteiger partial charge is 0.335 e. The number of amides is 1. The number of hydrazone groups is 1. The van der Waals surface area contributed by atoms with Gasteiger partial charge in [0, 0.05) is 5.56 Å². The van der Waals surface area contributed by atoms with Crippen LogP contribution >= 0.6 is 0 Å². The Labute approximate surface area is 216 Å². The van der Waals surface area contributed by atoms with Gasteiger partial charge in [0.2, 0.25) is 0 Å². The Balaban J connectivity index is 1.65. The lowest BCUT2D eigenvalue weighted by molar-refractivity contribution is -0.114. The summed E-state index contributed by atoms with van der Waals surface area (Å²) in [5, 5.41) is 15.0. The number of rotatable bonds is 10. The molecular formula is C30H28N2O5. The molecule has 0 saturated carbocycles. The van der Waals surface area contributed by atoms with Crippen molar-refractivity contribution in [3.05, 3.63) is 107 Å². The van der Waals surface area contributed by atoms with Gasteiger partial charge >= 0.3 is 5.97 Å². The van der Waals surface area contributed by atoms with Crippen LogP contribution in [0.4, 0.5) is 5.69 Å². The van der Waals surface area contributed by atoms with Crippen LogP contribution in [0.25, 0.3) is 6.08 Å². The van der Waals surface area contributed by atoms with Gasteiger partial charge in [-0.3, -0.25) is 4.79 Å². The number of para-hydroxylation sites is 1. The molecule has 1 heterocycles. The standard InChI is InChI=1S/C30H28N2O5/c1-4-9-24-16-22(17-26-20(3)31-32(29(26)33)25-10-7-6-8-11-25)18-27(36-5-2)28(24)37-19-21-12-14-23(15-13-21)30(34)35/h4,6-8,10-18H,1,5,9,19H2,2-3H3,(H,34,35)/b26-17+. The highest BCUT2D eigenvalue weighted by Crippen LogP contribution is 2.36. The van der Waals surface area contributed by atoms with Crippen molar-refractivity contribution in [1.82, 2.24) is 0 Å². The van der Waals surface area contributed by atoms with E-state index in [1.54, 1.807) is 30.3 Å². The molecule has 0 aromatic heterocycles. The second kappa shape index (κ2) is 11.4. The van der Waals surface area contributed by atoms with Crippen molar-refractivity contribution < 1.29 is 24.2 Å². The summed E-state index contributed by atoms with van der Waals surface area (Å²) < 4.78 is 12.1. The molecule has 0 saturated heterocycles. The Morgan fingerprint density at radius 3 is 2.46 bits per heavy atom. The van der Waals surface area contributed by atoms with Crippen LogP contribution in [-0.2, 0) is 17.8 Å². The van der Waals surface area contributed by atoms with E-state index in [2.05, 4.69) is 11.7 Å². The summed E-state index contributed by atoms with van der Waals surface area (Å²) in [5.41, 5.74) is 4.52. The van der Waals surface area contributed by atoms with E-state index in [-0.39, 0.29) is 18.1 Å². The number of aromatic carboxylic acids is 1. The van der Waals surface area contributed by atoms with Crippen LogP contribution in [0.1, 0.15) is 40.9 Å². The molecule has 0 bridgehead atoms. The number of carboxylic acid groups (broad SMARTS) is 1. The van der Waals surface area contributed by atoms with Gasteiger partial charge < -0.3 is 14.6 Å². The zero-order valence-corrected chi connectivity index (χ0v) is 20.8. The lowest BCUT2D eigenvalue weighted by atomic mass is 10.0. The zero-order valence-electron chi connectivity index (χ0n) is 20.8. The number of allylic oxidation sites excluding steroid dienone is 1.